The van der Waals surface area contributed by atoms with E-state index >= 15 is 0 Å². The predicted molar refractivity (Wildman–Crippen MR) is 84.9 cm³/mol. The molecular weight excluding hydrogens is 272 g/mol. The Bertz CT molecular complexity index is 586. The average molecular weight is 291 g/mol. The molecule has 0 bridgehead atoms. The molecular formula is C15H19ClN4. The quantitative estimate of drug-likeness (QED) is 0.857. The molecule has 0 amide bonds. The molecule has 0 radical (unpaired) electrons. The van der Waals surface area contributed by atoms with Gasteiger partial charge in [0.2, 0.25) is 5.95 Å². The van der Waals surface area contributed by atoms with Crippen molar-refractivity contribution in [2.24, 2.45) is 0 Å². The number of halogens is 1. The Labute approximate surface area is 124 Å². The maximum Gasteiger partial charge on any atom is 0.229 e. The molecule has 2 N–H and O–H groups in total. The fourth-order valence-electron chi connectivity index (χ4n) is 1.74. The van der Waals surface area contributed by atoms with E-state index in [0.717, 1.165) is 28.5 Å². The molecule has 0 spiro atoms. The van der Waals surface area contributed by atoms with Crippen LogP contribution in [0.4, 0.5) is 17.5 Å². The van der Waals surface area contributed by atoms with Crippen LogP contribution in [0.15, 0.2) is 30.5 Å². The van der Waals surface area contributed by atoms with E-state index in [1.807, 2.05) is 31.2 Å². The van der Waals surface area contributed by atoms with Gasteiger partial charge in [-0.15, -0.1) is 0 Å². The molecule has 5 heteroatoms. The highest BCUT2D eigenvalue weighted by Gasteiger charge is 2.04. The van der Waals surface area contributed by atoms with E-state index < -0.39 is 0 Å². The minimum absolute atomic E-state index is 0.384. The zero-order chi connectivity index (χ0) is 14.5. The summed E-state index contributed by atoms with van der Waals surface area (Å²) in [5.41, 5.74) is 2.01. The van der Waals surface area contributed by atoms with Gasteiger partial charge in [0, 0.05) is 22.9 Å². The molecule has 1 unspecified atom stereocenters. The van der Waals surface area contributed by atoms with Crippen LogP contribution >= 0.6 is 11.6 Å². The molecule has 1 heterocycles. The van der Waals surface area contributed by atoms with Crippen LogP contribution in [-0.4, -0.2) is 16.0 Å². The van der Waals surface area contributed by atoms with Gasteiger partial charge in [-0.05, 0) is 50.1 Å². The van der Waals surface area contributed by atoms with Crippen LogP contribution in [0.5, 0.6) is 0 Å². The van der Waals surface area contributed by atoms with Crippen molar-refractivity contribution in [1.82, 2.24) is 9.97 Å². The molecule has 2 rings (SSSR count). The van der Waals surface area contributed by atoms with Crippen molar-refractivity contribution in [3.05, 3.63) is 41.0 Å². The average Bonchev–Trinajstić information content (AvgIpc) is 2.42. The van der Waals surface area contributed by atoms with Crippen LogP contribution in [0.2, 0.25) is 5.02 Å². The molecule has 0 aliphatic rings. The summed E-state index contributed by atoms with van der Waals surface area (Å²) in [4.78, 5) is 8.69. The lowest BCUT2D eigenvalue weighted by Crippen LogP contribution is -2.15. The summed E-state index contributed by atoms with van der Waals surface area (Å²) in [6.07, 6.45) is 2.79. The lowest BCUT2D eigenvalue weighted by atomic mass is 10.2. The van der Waals surface area contributed by atoms with Crippen molar-refractivity contribution < 1.29 is 0 Å². The van der Waals surface area contributed by atoms with Gasteiger partial charge < -0.3 is 10.6 Å². The minimum atomic E-state index is 0.384. The Morgan fingerprint density at radius 3 is 2.80 bits per heavy atom. The van der Waals surface area contributed by atoms with Gasteiger partial charge in [0.05, 0.1) is 0 Å². The van der Waals surface area contributed by atoms with E-state index in [2.05, 4.69) is 34.4 Å². The Balaban J connectivity index is 2.15. The SMILES string of the molecule is CCC(C)Nc1ccnc(Nc2ccc(Cl)cc2C)n1. The molecule has 0 saturated carbocycles. The van der Waals surface area contributed by atoms with Gasteiger partial charge in [-0.3, -0.25) is 0 Å². The molecule has 0 saturated heterocycles. The Kier molecular flexibility index (Phi) is 4.79. The second-order valence-corrected chi connectivity index (χ2v) is 5.24. The van der Waals surface area contributed by atoms with Gasteiger partial charge in [0.15, 0.2) is 0 Å². The van der Waals surface area contributed by atoms with Crippen molar-refractivity contribution in [1.29, 1.82) is 0 Å². The third kappa shape index (κ3) is 3.84. The number of rotatable bonds is 5. The Morgan fingerprint density at radius 2 is 2.10 bits per heavy atom. The molecule has 20 heavy (non-hydrogen) atoms. The Hall–Kier alpha value is -1.81. The number of hydrogen-bond acceptors (Lipinski definition) is 4. The van der Waals surface area contributed by atoms with Crippen molar-refractivity contribution in [2.45, 2.75) is 33.2 Å². The number of nitrogens with zero attached hydrogens (tertiary/aromatic N) is 2. The van der Waals surface area contributed by atoms with E-state index in [4.69, 9.17) is 11.6 Å². The lowest BCUT2D eigenvalue weighted by Gasteiger charge is -2.13. The molecule has 0 aliphatic carbocycles. The highest BCUT2D eigenvalue weighted by atomic mass is 35.5. The van der Waals surface area contributed by atoms with Crippen LogP contribution < -0.4 is 10.6 Å². The van der Waals surface area contributed by atoms with Gasteiger partial charge in [-0.2, -0.15) is 4.98 Å². The number of hydrogen-bond donors (Lipinski definition) is 2. The number of aryl methyl sites for hydroxylation is 1. The van der Waals surface area contributed by atoms with Gasteiger partial charge in [0.1, 0.15) is 5.82 Å². The molecule has 0 fully saturated rings. The van der Waals surface area contributed by atoms with Crippen LogP contribution in [0, 0.1) is 6.92 Å². The van der Waals surface area contributed by atoms with E-state index in [1.54, 1.807) is 6.20 Å². The monoisotopic (exact) mass is 290 g/mol. The summed E-state index contributed by atoms with van der Waals surface area (Å²) in [5, 5.41) is 7.26. The van der Waals surface area contributed by atoms with E-state index in [1.165, 1.54) is 0 Å². The molecule has 1 aromatic carbocycles. The molecule has 0 aliphatic heterocycles. The van der Waals surface area contributed by atoms with Gasteiger partial charge in [0.25, 0.3) is 0 Å². The maximum absolute atomic E-state index is 5.95. The second-order valence-electron chi connectivity index (χ2n) is 4.80. The second kappa shape index (κ2) is 6.57. The summed E-state index contributed by atoms with van der Waals surface area (Å²) in [6, 6.07) is 7.93. The van der Waals surface area contributed by atoms with Crippen molar-refractivity contribution >= 4 is 29.1 Å². The standard InChI is InChI=1S/C15H19ClN4/c1-4-11(3)18-14-7-8-17-15(20-14)19-13-6-5-12(16)9-10(13)2/h5-9,11H,4H2,1-3H3,(H2,17,18,19,20). The molecule has 1 atom stereocenters. The largest absolute Gasteiger partial charge is 0.367 e. The number of aromatic nitrogens is 2. The number of benzene rings is 1. The van der Waals surface area contributed by atoms with E-state index in [9.17, 15) is 0 Å². The van der Waals surface area contributed by atoms with Crippen LogP contribution in [0.3, 0.4) is 0 Å². The summed E-state index contributed by atoms with van der Waals surface area (Å²) in [6.45, 7) is 6.25. The van der Waals surface area contributed by atoms with E-state index in [-0.39, 0.29) is 0 Å². The topological polar surface area (TPSA) is 49.8 Å². The third-order valence-electron chi connectivity index (χ3n) is 3.10. The van der Waals surface area contributed by atoms with Crippen LogP contribution in [0.25, 0.3) is 0 Å². The lowest BCUT2D eigenvalue weighted by molar-refractivity contribution is 0.758. The first-order chi connectivity index (χ1) is 9.58. The first kappa shape index (κ1) is 14.6. The first-order valence-electron chi connectivity index (χ1n) is 6.71. The summed E-state index contributed by atoms with van der Waals surface area (Å²) in [5.74, 6) is 1.40. The zero-order valence-electron chi connectivity index (χ0n) is 11.9. The smallest absolute Gasteiger partial charge is 0.229 e. The fourth-order valence-corrected chi connectivity index (χ4v) is 1.97. The highest BCUT2D eigenvalue weighted by Crippen LogP contribution is 2.22. The van der Waals surface area contributed by atoms with Gasteiger partial charge >= 0.3 is 0 Å². The third-order valence-corrected chi connectivity index (χ3v) is 3.33. The van der Waals surface area contributed by atoms with Crippen molar-refractivity contribution in [3.63, 3.8) is 0 Å². The Morgan fingerprint density at radius 1 is 1.30 bits per heavy atom. The molecule has 1 aromatic heterocycles. The summed E-state index contributed by atoms with van der Waals surface area (Å²) >= 11 is 5.95. The number of anilines is 3. The summed E-state index contributed by atoms with van der Waals surface area (Å²) in [7, 11) is 0. The van der Waals surface area contributed by atoms with Gasteiger partial charge in [-0.25, -0.2) is 4.98 Å². The summed E-state index contributed by atoms with van der Waals surface area (Å²) < 4.78 is 0. The normalized spacial score (nSPS) is 12.0. The number of nitrogens with one attached hydrogen (secondary N) is 2. The molecule has 4 nitrogen and oxygen atoms in total. The van der Waals surface area contributed by atoms with Crippen molar-refractivity contribution in [3.8, 4) is 0 Å². The van der Waals surface area contributed by atoms with Crippen LogP contribution in [-0.2, 0) is 0 Å². The van der Waals surface area contributed by atoms with Crippen LogP contribution in [0.1, 0.15) is 25.8 Å². The molecule has 106 valence electrons. The highest BCUT2D eigenvalue weighted by molar-refractivity contribution is 6.30. The van der Waals surface area contributed by atoms with E-state index in [0.29, 0.717) is 12.0 Å². The fraction of sp³-hybridized carbons (Fsp3) is 0.333. The van der Waals surface area contributed by atoms with Gasteiger partial charge in [-0.1, -0.05) is 18.5 Å². The van der Waals surface area contributed by atoms with Crippen molar-refractivity contribution in [2.75, 3.05) is 10.6 Å². The maximum atomic E-state index is 5.95. The minimum Gasteiger partial charge on any atom is -0.367 e. The zero-order valence-corrected chi connectivity index (χ0v) is 12.7. The molecule has 2 aromatic rings. The first-order valence-corrected chi connectivity index (χ1v) is 7.09. The predicted octanol–water partition coefficient (Wildman–Crippen LogP) is 4.39.